The van der Waals surface area contributed by atoms with Crippen LogP contribution < -0.4 is 5.32 Å². The maximum atomic E-state index is 11.1. The first-order valence-electron chi connectivity index (χ1n) is 6.46. The number of carbonyl (C=O) groups is 1. The summed E-state index contributed by atoms with van der Waals surface area (Å²) in [6.07, 6.45) is 3.00. The molecule has 0 aromatic carbocycles. The Balaban J connectivity index is 2.90. The van der Waals surface area contributed by atoms with Crippen LogP contribution in [0.1, 0.15) is 45.0 Å². The van der Waals surface area contributed by atoms with Crippen LogP contribution in [0.25, 0.3) is 0 Å². The molecular formula is C13H21N3O2. The zero-order valence-corrected chi connectivity index (χ0v) is 11.2. The second kappa shape index (κ2) is 6.93. The largest absolute Gasteiger partial charge is 0.480 e. The minimum atomic E-state index is -0.861. The average Bonchev–Trinajstić information content (AvgIpc) is 2.37. The van der Waals surface area contributed by atoms with Crippen molar-refractivity contribution in [3.63, 3.8) is 0 Å². The summed E-state index contributed by atoms with van der Waals surface area (Å²) in [7, 11) is 0. The van der Waals surface area contributed by atoms with E-state index in [1.807, 2.05) is 26.8 Å². The van der Waals surface area contributed by atoms with Crippen molar-refractivity contribution in [2.45, 2.75) is 52.5 Å². The molecule has 1 heterocycles. The molecule has 0 saturated heterocycles. The fraction of sp³-hybridized carbons (Fsp3) is 0.615. The summed E-state index contributed by atoms with van der Waals surface area (Å²) in [5.41, 5.74) is 1.87. The highest BCUT2D eigenvalue weighted by molar-refractivity contribution is 5.76. The van der Waals surface area contributed by atoms with Crippen LogP contribution in [0.15, 0.2) is 6.07 Å². The Morgan fingerprint density at radius 2 is 1.83 bits per heavy atom. The van der Waals surface area contributed by atoms with Gasteiger partial charge in [0, 0.05) is 11.4 Å². The van der Waals surface area contributed by atoms with Crippen molar-refractivity contribution in [3.8, 4) is 0 Å². The monoisotopic (exact) mass is 251 g/mol. The van der Waals surface area contributed by atoms with E-state index in [9.17, 15) is 4.79 Å². The number of rotatable bonds is 7. The third-order valence-corrected chi connectivity index (χ3v) is 2.74. The number of aromatic nitrogens is 2. The summed E-state index contributed by atoms with van der Waals surface area (Å²) >= 11 is 0. The maximum Gasteiger partial charge on any atom is 0.326 e. The molecule has 0 spiro atoms. The number of carboxylic acids is 1. The molecule has 0 bridgehead atoms. The number of nitrogens with zero attached hydrogens (tertiary/aromatic N) is 2. The summed E-state index contributed by atoms with van der Waals surface area (Å²) in [6, 6.07) is 1.34. The van der Waals surface area contributed by atoms with Gasteiger partial charge in [-0.05, 0) is 25.3 Å². The fourth-order valence-electron chi connectivity index (χ4n) is 1.68. The highest BCUT2D eigenvalue weighted by atomic mass is 16.4. The predicted molar refractivity (Wildman–Crippen MR) is 70.7 cm³/mol. The third-order valence-electron chi connectivity index (χ3n) is 2.74. The van der Waals surface area contributed by atoms with Crippen molar-refractivity contribution < 1.29 is 9.90 Å². The van der Waals surface area contributed by atoms with Crippen molar-refractivity contribution in [1.29, 1.82) is 0 Å². The van der Waals surface area contributed by atoms with Crippen molar-refractivity contribution in [1.82, 2.24) is 9.97 Å². The predicted octanol–water partition coefficient (Wildman–Crippen LogP) is 2.27. The standard InChI is InChI=1S/C13H21N3O2/c1-4-7-11(12(17)18)16-13-14-9(5-2)8-10(6-3)15-13/h8,11H,4-7H2,1-3H3,(H,17,18)(H,14,15,16). The zero-order chi connectivity index (χ0) is 13.5. The number of aryl methyl sites for hydroxylation is 2. The lowest BCUT2D eigenvalue weighted by atomic mass is 10.2. The van der Waals surface area contributed by atoms with Gasteiger partial charge in [-0.1, -0.05) is 27.2 Å². The lowest BCUT2D eigenvalue weighted by Crippen LogP contribution is -2.30. The minimum absolute atomic E-state index is 0.423. The normalized spacial score (nSPS) is 12.2. The SMILES string of the molecule is CCCC(Nc1nc(CC)cc(CC)n1)C(=O)O. The number of nitrogens with one attached hydrogen (secondary N) is 1. The third kappa shape index (κ3) is 3.98. The molecule has 5 nitrogen and oxygen atoms in total. The minimum Gasteiger partial charge on any atom is -0.480 e. The molecule has 1 unspecified atom stereocenters. The van der Waals surface area contributed by atoms with Crippen LogP contribution in [0, 0.1) is 0 Å². The second-order valence-electron chi connectivity index (χ2n) is 4.21. The van der Waals surface area contributed by atoms with Crippen LogP contribution in [0.5, 0.6) is 0 Å². The van der Waals surface area contributed by atoms with Crippen molar-refractivity contribution >= 4 is 11.9 Å². The van der Waals surface area contributed by atoms with Crippen molar-refractivity contribution in [3.05, 3.63) is 17.5 Å². The van der Waals surface area contributed by atoms with Gasteiger partial charge in [0.05, 0.1) is 0 Å². The summed E-state index contributed by atoms with van der Waals surface area (Å²) in [5, 5.41) is 12.0. The van der Waals surface area contributed by atoms with Crippen LogP contribution >= 0.6 is 0 Å². The molecule has 0 fully saturated rings. The van der Waals surface area contributed by atoms with E-state index in [4.69, 9.17) is 5.11 Å². The lowest BCUT2D eigenvalue weighted by Gasteiger charge is -2.14. The molecule has 0 aliphatic heterocycles. The smallest absolute Gasteiger partial charge is 0.326 e. The first-order valence-corrected chi connectivity index (χ1v) is 6.46. The first kappa shape index (κ1) is 14.4. The molecule has 5 heteroatoms. The zero-order valence-electron chi connectivity index (χ0n) is 11.2. The molecule has 1 rings (SSSR count). The van der Waals surface area contributed by atoms with Crippen molar-refractivity contribution in [2.24, 2.45) is 0 Å². The molecule has 0 radical (unpaired) electrons. The van der Waals surface area contributed by atoms with Gasteiger partial charge >= 0.3 is 5.97 Å². The lowest BCUT2D eigenvalue weighted by molar-refractivity contribution is -0.138. The summed E-state index contributed by atoms with van der Waals surface area (Å²) < 4.78 is 0. The Morgan fingerprint density at radius 1 is 1.28 bits per heavy atom. The number of anilines is 1. The highest BCUT2D eigenvalue weighted by Gasteiger charge is 2.17. The summed E-state index contributed by atoms with van der Waals surface area (Å²) in [5.74, 6) is -0.438. The number of carboxylic acid groups (broad SMARTS) is 1. The molecule has 1 atom stereocenters. The van der Waals surface area contributed by atoms with E-state index in [1.54, 1.807) is 0 Å². The van der Waals surface area contributed by atoms with Crippen LogP contribution in [-0.4, -0.2) is 27.1 Å². The average molecular weight is 251 g/mol. The van der Waals surface area contributed by atoms with Crippen LogP contribution in [0.3, 0.4) is 0 Å². The molecule has 2 N–H and O–H groups in total. The molecule has 0 aliphatic rings. The van der Waals surface area contributed by atoms with E-state index in [1.165, 1.54) is 0 Å². The Bertz CT molecular complexity index is 385. The van der Waals surface area contributed by atoms with Gasteiger partial charge in [-0.25, -0.2) is 14.8 Å². The van der Waals surface area contributed by atoms with Crippen LogP contribution in [0.4, 0.5) is 5.95 Å². The van der Waals surface area contributed by atoms with Gasteiger partial charge in [-0.15, -0.1) is 0 Å². The number of hydrogen-bond donors (Lipinski definition) is 2. The van der Waals surface area contributed by atoms with E-state index in [2.05, 4.69) is 15.3 Å². The number of aliphatic carboxylic acids is 1. The quantitative estimate of drug-likeness (QED) is 0.777. The Morgan fingerprint density at radius 3 is 2.22 bits per heavy atom. The molecule has 100 valence electrons. The van der Waals surface area contributed by atoms with E-state index in [0.717, 1.165) is 30.7 Å². The van der Waals surface area contributed by atoms with E-state index < -0.39 is 12.0 Å². The van der Waals surface area contributed by atoms with E-state index in [-0.39, 0.29) is 0 Å². The van der Waals surface area contributed by atoms with E-state index in [0.29, 0.717) is 12.4 Å². The highest BCUT2D eigenvalue weighted by Crippen LogP contribution is 2.10. The van der Waals surface area contributed by atoms with Gasteiger partial charge < -0.3 is 10.4 Å². The van der Waals surface area contributed by atoms with Gasteiger partial charge in [-0.2, -0.15) is 0 Å². The van der Waals surface area contributed by atoms with Crippen molar-refractivity contribution in [2.75, 3.05) is 5.32 Å². The van der Waals surface area contributed by atoms with Gasteiger partial charge in [0.15, 0.2) is 0 Å². The molecular weight excluding hydrogens is 230 g/mol. The Kier molecular flexibility index (Phi) is 5.55. The molecule has 0 saturated carbocycles. The Labute approximate surface area is 108 Å². The van der Waals surface area contributed by atoms with Gasteiger partial charge in [0.1, 0.15) is 6.04 Å². The second-order valence-corrected chi connectivity index (χ2v) is 4.21. The fourth-order valence-corrected chi connectivity index (χ4v) is 1.68. The number of hydrogen-bond acceptors (Lipinski definition) is 4. The molecule has 1 aromatic rings. The first-order chi connectivity index (χ1) is 8.60. The maximum absolute atomic E-state index is 11.1. The van der Waals surface area contributed by atoms with Crippen LogP contribution in [-0.2, 0) is 17.6 Å². The molecule has 0 aliphatic carbocycles. The molecule has 18 heavy (non-hydrogen) atoms. The topological polar surface area (TPSA) is 75.1 Å². The summed E-state index contributed by atoms with van der Waals surface area (Å²) in [6.45, 7) is 6.00. The van der Waals surface area contributed by atoms with Gasteiger partial charge in [-0.3, -0.25) is 0 Å². The molecule has 1 aromatic heterocycles. The van der Waals surface area contributed by atoms with Crippen LogP contribution in [0.2, 0.25) is 0 Å². The van der Waals surface area contributed by atoms with Gasteiger partial charge in [0.2, 0.25) is 5.95 Å². The van der Waals surface area contributed by atoms with E-state index >= 15 is 0 Å². The molecule has 0 amide bonds. The summed E-state index contributed by atoms with van der Waals surface area (Å²) in [4.78, 5) is 19.7. The Hall–Kier alpha value is -1.65. The van der Waals surface area contributed by atoms with Gasteiger partial charge in [0.25, 0.3) is 0 Å².